The maximum atomic E-state index is 6.53. The van der Waals surface area contributed by atoms with E-state index in [-0.39, 0.29) is 0 Å². The first-order chi connectivity index (χ1) is 16.6. The number of aromatic nitrogens is 4. The number of para-hydroxylation sites is 2. The number of rotatable bonds is 7. The molecule has 2 aromatic heterocycles. The van der Waals surface area contributed by atoms with Crippen LogP contribution in [0.25, 0.3) is 17.2 Å². The smallest absolute Gasteiger partial charge is 0.341 e. The number of imidazole rings is 2. The van der Waals surface area contributed by atoms with Crippen molar-refractivity contribution in [1.82, 2.24) is 9.13 Å². The summed E-state index contributed by atoms with van der Waals surface area (Å²) in [6.07, 6.45) is 6.56. The second-order valence-corrected chi connectivity index (χ2v) is 10.5. The molecule has 0 unspecified atom stereocenters. The Morgan fingerprint density at radius 1 is 0.800 bits per heavy atom. The van der Waals surface area contributed by atoms with E-state index in [9.17, 15) is 0 Å². The highest BCUT2D eigenvalue weighted by Gasteiger charge is 2.34. The van der Waals surface area contributed by atoms with Gasteiger partial charge in [0.25, 0.3) is 5.69 Å². The van der Waals surface area contributed by atoms with Crippen LogP contribution in [0.15, 0.2) is 61.2 Å². The summed E-state index contributed by atoms with van der Waals surface area (Å²) in [7, 11) is 4.21. The fourth-order valence-corrected chi connectivity index (χ4v) is 4.68. The van der Waals surface area contributed by atoms with Gasteiger partial charge in [0.15, 0.2) is 6.20 Å². The predicted molar refractivity (Wildman–Crippen MR) is 141 cm³/mol. The third-order valence-electron chi connectivity index (χ3n) is 6.79. The molecule has 0 N–H and O–H groups in total. The van der Waals surface area contributed by atoms with Gasteiger partial charge in [-0.05, 0) is 44.2 Å². The molecule has 0 fully saturated rings. The summed E-state index contributed by atoms with van der Waals surface area (Å²) in [6, 6.07) is 15.3. The maximum Gasteiger partial charge on any atom is 0.341 e. The second kappa shape index (κ2) is 9.73. The lowest BCUT2D eigenvalue weighted by atomic mass is 9.92. The van der Waals surface area contributed by atoms with Crippen LogP contribution < -0.4 is 13.9 Å². The number of hydrogen-bond acceptors (Lipinski definition) is 1. The van der Waals surface area contributed by atoms with Gasteiger partial charge in [0, 0.05) is 11.1 Å². The molecule has 4 rings (SSSR count). The molecule has 0 saturated heterocycles. The minimum atomic E-state index is 0.375. The molecule has 4 aromatic rings. The van der Waals surface area contributed by atoms with Crippen LogP contribution in [0.2, 0.25) is 0 Å². The number of aryl methyl sites for hydroxylation is 2. The maximum absolute atomic E-state index is 6.53. The van der Waals surface area contributed by atoms with Crippen molar-refractivity contribution in [2.24, 2.45) is 14.1 Å². The number of hydrogen-bond donors (Lipinski definition) is 0. The number of ether oxygens (including phenoxy) is 1. The van der Waals surface area contributed by atoms with Crippen molar-refractivity contribution in [1.29, 1.82) is 0 Å². The van der Waals surface area contributed by atoms with Crippen molar-refractivity contribution in [3.05, 3.63) is 77.9 Å². The zero-order chi connectivity index (χ0) is 25.4. The van der Waals surface area contributed by atoms with Crippen LogP contribution in [0.1, 0.15) is 76.1 Å². The van der Waals surface area contributed by atoms with E-state index in [2.05, 4.69) is 124 Å². The molecule has 0 aliphatic carbocycles. The third-order valence-corrected chi connectivity index (χ3v) is 6.79. The molecule has 184 valence electrons. The van der Waals surface area contributed by atoms with Crippen molar-refractivity contribution in [2.75, 3.05) is 0 Å². The van der Waals surface area contributed by atoms with Crippen molar-refractivity contribution in [3.8, 4) is 28.8 Å². The fourth-order valence-electron chi connectivity index (χ4n) is 4.68. The van der Waals surface area contributed by atoms with Gasteiger partial charge in [-0.1, -0.05) is 64.1 Å². The molecular weight excluding hydrogens is 432 g/mol. The van der Waals surface area contributed by atoms with Crippen molar-refractivity contribution >= 4 is 0 Å². The Hall–Kier alpha value is -3.34. The van der Waals surface area contributed by atoms with Crippen molar-refractivity contribution in [3.63, 3.8) is 0 Å². The quantitative estimate of drug-likeness (QED) is 0.281. The minimum Gasteiger partial charge on any atom is -0.420 e. The zero-order valence-electron chi connectivity index (χ0n) is 22.7. The summed E-state index contributed by atoms with van der Waals surface area (Å²) < 4.78 is 15.5. The molecule has 0 radical (unpaired) electrons. The SMILES string of the molecule is Cc1ccccc1Oc1cn(-c2c(C(C)C)cccc2C(C)C)c(-c2cn(C(C)C)c[n+]2C)[n+]1C. The molecule has 0 amide bonds. The van der Waals surface area contributed by atoms with E-state index in [0.29, 0.717) is 17.9 Å². The Labute approximate surface area is 210 Å². The molecule has 2 aromatic carbocycles. The van der Waals surface area contributed by atoms with Crippen molar-refractivity contribution < 1.29 is 13.9 Å². The topological polar surface area (TPSA) is 26.8 Å². The van der Waals surface area contributed by atoms with Crippen LogP contribution in [0.4, 0.5) is 0 Å². The normalized spacial score (nSPS) is 11.8. The first kappa shape index (κ1) is 24.8. The summed E-state index contributed by atoms with van der Waals surface area (Å²) >= 11 is 0. The minimum absolute atomic E-state index is 0.375. The third kappa shape index (κ3) is 4.64. The van der Waals surface area contributed by atoms with Crippen LogP contribution in [-0.4, -0.2) is 9.13 Å². The number of nitrogens with zero attached hydrogens (tertiary/aromatic N) is 4. The fraction of sp³-hybridized carbons (Fsp3) is 0.400. The van der Waals surface area contributed by atoms with Gasteiger partial charge < -0.3 is 4.74 Å². The second-order valence-electron chi connectivity index (χ2n) is 10.5. The molecule has 0 atom stereocenters. The Kier molecular flexibility index (Phi) is 6.88. The molecular formula is C30H40N4O+2. The highest BCUT2D eigenvalue weighted by atomic mass is 16.5. The van der Waals surface area contributed by atoms with Gasteiger partial charge in [-0.15, -0.1) is 0 Å². The molecule has 0 aliphatic rings. The zero-order valence-corrected chi connectivity index (χ0v) is 22.7. The molecule has 35 heavy (non-hydrogen) atoms. The van der Waals surface area contributed by atoms with Crippen molar-refractivity contribution in [2.45, 2.75) is 66.3 Å². The van der Waals surface area contributed by atoms with Gasteiger partial charge in [0.1, 0.15) is 17.6 Å². The van der Waals surface area contributed by atoms with E-state index in [1.807, 2.05) is 18.2 Å². The van der Waals surface area contributed by atoms with Gasteiger partial charge in [-0.2, -0.15) is 9.13 Å². The van der Waals surface area contributed by atoms with Crippen LogP contribution in [0.5, 0.6) is 11.6 Å². The molecule has 2 heterocycles. The van der Waals surface area contributed by atoms with Gasteiger partial charge in [-0.3, -0.25) is 0 Å². The lowest BCUT2D eigenvalue weighted by Crippen LogP contribution is -2.37. The van der Waals surface area contributed by atoms with E-state index < -0.39 is 0 Å². The van der Waals surface area contributed by atoms with E-state index >= 15 is 0 Å². The summed E-state index contributed by atoms with van der Waals surface area (Å²) in [4.78, 5) is 0. The van der Waals surface area contributed by atoms with E-state index in [4.69, 9.17) is 4.74 Å². The number of benzene rings is 2. The van der Waals surface area contributed by atoms with Gasteiger partial charge in [0.05, 0.1) is 20.1 Å². The summed E-state index contributed by atoms with van der Waals surface area (Å²) in [6.45, 7) is 15.6. The monoisotopic (exact) mass is 472 g/mol. The largest absolute Gasteiger partial charge is 0.420 e. The van der Waals surface area contributed by atoms with Gasteiger partial charge in [-0.25, -0.2) is 9.13 Å². The van der Waals surface area contributed by atoms with E-state index in [1.165, 1.54) is 16.8 Å². The van der Waals surface area contributed by atoms with Crippen LogP contribution in [-0.2, 0) is 14.1 Å². The molecule has 0 bridgehead atoms. The van der Waals surface area contributed by atoms with E-state index in [0.717, 1.165) is 28.7 Å². The Morgan fingerprint density at radius 2 is 1.43 bits per heavy atom. The summed E-state index contributed by atoms with van der Waals surface area (Å²) in [5.74, 6) is 3.54. The molecule has 0 spiro atoms. The molecule has 5 nitrogen and oxygen atoms in total. The lowest BCUT2D eigenvalue weighted by Gasteiger charge is -2.17. The standard InChI is InChI=1S/C30H40N4O/c1-20(2)24-14-12-15-25(21(3)4)29(24)34-18-28(35-27-16-11-10-13-23(27)7)32(9)30(34)26-17-33(22(5)6)19-31(26)8/h10-22H,1-9H3/q+2. The predicted octanol–water partition coefficient (Wildman–Crippen LogP) is 6.52. The average Bonchev–Trinajstić information content (AvgIpc) is 3.34. The molecule has 5 heteroatoms. The Balaban J connectivity index is 2.04. The first-order valence-corrected chi connectivity index (χ1v) is 12.7. The van der Waals surface area contributed by atoms with Gasteiger partial charge >= 0.3 is 11.7 Å². The highest BCUT2D eigenvalue weighted by molar-refractivity contribution is 5.57. The van der Waals surface area contributed by atoms with Crippen LogP contribution in [0.3, 0.4) is 0 Å². The van der Waals surface area contributed by atoms with E-state index in [1.54, 1.807) is 0 Å². The van der Waals surface area contributed by atoms with Crippen LogP contribution >= 0.6 is 0 Å². The lowest BCUT2D eigenvalue weighted by molar-refractivity contribution is -0.691. The Morgan fingerprint density at radius 3 is 1.97 bits per heavy atom. The van der Waals surface area contributed by atoms with Crippen LogP contribution in [0, 0.1) is 6.92 Å². The summed E-state index contributed by atoms with van der Waals surface area (Å²) in [5.41, 5.74) is 6.17. The molecule has 0 saturated carbocycles. The van der Waals surface area contributed by atoms with Gasteiger partial charge in [0.2, 0.25) is 6.33 Å². The average molecular weight is 473 g/mol. The first-order valence-electron chi connectivity index (χ1n) is 12.7. The highest BCUT2D eigenvalue weighted by Crippen LogP contribution is 2.35. The molecule has 0 aliphatic heterocycles. The Bertz CT molecular complexity index is 1310. The summed E-state index contributed by atoms with van der Waals surface area (Å²) in [5, 5.41) is 0.